The molecule has 1 aromatic rings. The zero-order chi connectivity index (χ0) is 20.0. The number of carbonyl (C=O) groups excluding carboxylic acids is 2. The van der Waals surface area contributed by atoms with Gasteiger partial charge < -0.3 is 19.5 Å². The minimum atomic E-state index is -0.594. The number of nitrogens with one attached hydrogen (secondary N) is 1. The molecular formula is C20H30N2O5. The zero-order valence-electron chi connectivity index (χ0n) is 16.8. The van der Waals surface area contributed by atoms with Gasteiger partial charge in [0.05, 0.1) is 14.2 Å². The number of methoxy groups -OCH3 is 2. The van der Waals surface area contributed by atoms with E-state index >= 15 is 0 Å². The maximum atomic E-state index is 12.8. The molecule has 7 heteroatoms. The number of hydrogen-bond donors (Lipinski definition) is 1. The van der Waals surface area contributed by atoms with Gasteiger partial charge in [-0.1, -0.05) is 0 Å². The molecule has 7 nitrogen and oxygen atoms in total. The average molecular weight is 378 g/mol. The lowest BCUT2D eigenvalue weighted by Crippen LogP contribution is -2.53. The van der Waals surface area contributed by atoms with Crippen LogP contribution in [0.15, 0.2) is 18.2 Å². The number of hydrogen-bond acceptors (Lipinski definition) is 5. The van der Waals surface area contributed by atoms with Crippen LogP contribution in [-0.2, 0) is 16.1 Å². The van der Waals surface area contributed by atoms with Crippen molar-refractivity contribution in [3.63, 3.8) is 0 Å². The van der Waals surface area contributed by atoms with E-state index in [0.29, 0.717) is 24.5 Å². The van der Waals surface area contributed by atoms with Gasteiger partial charge in [0.25, 0.3) is 0 Å². The summed E-state index contributed by atoms with van der Waals surface area (Å²) in [6, 6.07) is 4.90. The minimum absolute atomic E-state index is 0.189. The average Bonchev–Trinajstić information content (AvgIpc) is 2.64. The van der Waals surface area contributed by atoms with Crippen molar-refractivity contribution in [2.24, 2.45) is 0 Å². The highest BCUT2D eigenvalue weighted by Gasteiger charge is 2.34. The molecule has 1 aromatic carbocycles. The summed E-state index contributed by atoms with van der Waals surface area (Å²) in [4.78, 5) is 26.8. The second-order valence-electron chi connectivity index (χ2n) is 7.58. The number of ether oxygens (including phenoxy) is 3. The lowest BCUT2D eigenvalue weighted by molar-refractivity contribution is -0.127. The van der Waals surface area contributed by atoms with E-state index in [4.69, 9.17) is 14.2 Å². The van der Waals surface area contributed by atoms with E-state index in [0.717, 1.165) is 18.4 Å². The van der Waals surface area contributed by atoms with Crippen LogP contribution in [0.4, 0.5) is 4.79 Å². The fraction of sp³-hybridized carbons (Fsp3) is 0.600. The first kappa shape index (κ1) is 20.9. The fourth-order valence-electron chi connectivity index (χ4n) is 3.06. The van der Waals surface area contributed by atoms with Crippen LogP contribution in [0, 0.1) is 0 Å². The maximum absolute atomic E-state index is 12.8. The van der Waals surface area contributed by atoms with Crippen LogP contribution in [0.2, 0.25) is 0 Å². The van der Waals surface area contributed by atoms with Gasteiger partial charge in [0.1, 0.15) is 23.1 Å². The molecule has 1 heterocycles. The predicted molar refractivity (Wildman–Crippen MR) is 102 cm³/mol. The summed E-state index contributed by atoms with van der Waals surface area (Å²) in [5.41, 5.74) is 0.216. The number of likely N-dealkylation sites (tertiary alicyclic amines) is 1. The van der Waals surface area contributed by atoms with Crippen molar-refractivity contribution >= 4 is 12.0 Å². The van der Waals surface area contributed by atoms with Gasteiger partial charge in [-0.05, 0) is 58.2 Å². The third-order valence-corrected chi connectivity index (χ3v) is 4.37. The van der Waals surface area contributed by atoms with Crippen LogP contribution in [0.5, 0.6) is 11.5 Å². The molecule has 27 heavy (non-hydrogen) atoms. The maximum Gasteiger partial charge on any atom is 0.410 e. The van der Waals surface area contributed by atoms with Crippen LogP contribution in [0.1, 0.15) is 45.6 Å². The number of rotatable bonds is 5. The number of piperidine rings is 1. The van der Waals surface area contributed by atoms with Crippen molar-refractivity contribution in [2.45, 2.75) is 58.2 Å². The molecule has 2 amide bonds. The van der Waals surface area contributed by atoms with Crippen LogP contribution in [0.3, 0.4) is 0 Å². The SMILES string of the molecule is COc1ccc(OC)c(CNC(=O)C2CCCCN2C(=O)OC(C)(C)C)c1. The first-order chi connectivity index (χ1) is 12.7. The third kappa shape index (κ3) is 5.77. The van der Waals surface area contributed by atoms with Gasteiger partial charge >= 0.3 is 6.09 Å². The standard InChI is InChI=1S/C20H30N2O5/c1-20(2,3)27-19(24)22-11-7-6-8-16(22)18(23)21-13-14-12-15(25-4)9-10-17(14)26-5/h9-10,12,16H,6-8,11,13H2,1-5H3,(H,21,23). The zero-order valence-corrected chi connectivity index (χ0v) is 16.8. The van der Waals surface area contributed by atoms with Gasteiger partial charge in [0, 0.05) is 18.7 Å². The molecule has 2 rings (SSSR count). The Kier molecular flexibility index (Phi) is 6.93. The van der Waals surface area contributed by atoms with Crippen LogP contribution < -0.4 is 14.8 Å². The minimum Gasteiger partial charge on any atom is -0.497 e. The van der Waals surface area contributed by atoms with E-state index in [2.05, 4.69) is 5.32 Å². The summed E-state index contributed by atoms with van der Waals surface area (Å²) in [6.45, 7) is 6.27. The van der Waals surface area contributed by atoms with Crippen molar-refractivity contribution < 1.29 is 23.8 Å². The van der Waals surface area contributed by atoms with Crippen molar-refractivity contribution in [2.75, 3.05) is 20.8 Å². The van der Waals surface area contributed by atoms with E-state index in [1.165, 1.54) is 4.90 Å². The monoisotopic (exact) mass is 378 g/mol. The largest absolute Gasteiger partial charge is 0.497 e. The molecule has 1 unspecified atom stereocenters. The van der Waals surface area contributed by atoms with E-state index in [9.17, 15) is 9.59 Å². The van der Waals surface area contributed by atoms with Crippen molar-refractivity contribution in [1.29, 1.82) is 0 Å². The Labute approximate surface area is 161 Å². The highest BCUT2D eigenvalue weighted by atomic mass is 16.6. The Morgan fingerprint density at radius 1 is 1.19 bits per heavy atom. The molecule has 0 saturated carbocycles. The first-order valence-electron chi connectivity index (χ1n) is 9.23. The highest BCUT2D eigenvalue weighted by molar-refractivity contribution is 5.86. The Balaban J connectivity index is 2.06. The molecule has 0 spiro atoms. The molecule has 0 aliphatic carbocycles. The summed E-state index contributed by atoms with van der Waals surface area (Å²) >= 11 is 0. The quantitative estimate of drug-likeness (QED) is 0.852. The van der Waals surface area contributed by atoms with Crippen molar-refractivity contribution in [1.82, 2.24) is 10.2 Å². The summed E-state index contributed by atoms with van der Waals surface area (Å²) in [5, 5.41) is 2.92. The van der Waals surface area contributed by atoms with Crippen molar-refractivity contribution in [3.8, 4) is 11.5 Å². The van der Waals surface area contributed by atoms with Crippen LogP contribution >= 0.6 is 0 Å². The molecule has 1 saturated heterocycles. The van der Waals surface area contributed by atoms with Gasteiger partial charge in [-0.2, -0.15) is 0 Å². The summed E-state index contributed by atoms with van der Waals surface area (Å²) < 4.78 is 16.0. The van der Waals surface area contributed by atoms with Crippen LogP contribution in [0.25, 0.3) is 0 Å². The highest BCUT2D eigenvalue weighted by Crippen LogP contribution is 2.24. The van der Waals surface area contributed by atoms with Gasteiger partial charge in [-0.25, -0.2) is 4.79 Å². The molecule has 1 fully saturated rings. The van der Waals surface area contributed by atoms with Gasteiger partial charge in [-0.3, -0.25) is 9.69 Å². The molecule has 1 aliphatic rings. The Bertz CT molecular complexity index is 669. The summed E-state index contributed by atoms with van der Waals surface area (Å²) in [5.74, 6) is 1.17. The lowest BCUT2D eigenvalue weighted by Gasteiger charge is -2.35. The van der Waals surface area contributed by atoms with Gasteiger partial charge in [0.2, 0.25) is 5.91 Å². The van der Waals surface area contributed by atoms with E-state index in [-0.39, 0.29) is 12.5 Å². The molecule has 0 aromatic heterocycles. The molecule has 1 aliphatic heterocycles. The van der Waals surface area contributed by atoms with Gasteiger partial charge in [0.15, 0.2) is 0 Å². The summed E-state index contributed by atoms with van der Waals surface area (Å²) in [6.07, 6.45) is 1.95. The van der Waals surface area contributed by atoms with E-state index in [1.807, 2.05) is 26.8 Å². The Morgan fingerprint density at radius 3 is 2.56 bits per heavy atom. The topological polar surface area (TPSA) is 77.1 Å². The van der Waals surface area contributed by atoms with Crippen LogP contribution in [-0.4, -0.2) is 49.3 Å². The number of benzene rings is 1. The molecule has 1 atom stereocenters. The molecule has 150 valence electrons. The van der Waals surface area contributed by atoms with Gasteiger partial charge in [-0.15, -0.1) is 0 Å². The fourth-order valence-corrected chi connectivity index (χ4v) is 3.06. The molecule has 1 N–H and O–H groups in total. The number of carbonyl (C=O) groups is 2. The van der Waals surface area contributed by atoms with Crippen molar-refractivity contribution in [3.05, 3.63) is 23.8 Å². The summed E-state index contributed by atoms with van der Waals surface area (Å²) in [7, 11) is 3.17. The Hall–Kier alpha value is -2.44. The first-order valence-corrected chi connectivity index (χ1v) is 9.23. The second kappa shape index (κ2) is 8.97. The molecule has 0 bridgehead atoms. The normalized spacial score (nSPS) is 17.2. The van der Waals surface area contributed by atoms with E-state index < -0.39 is 17.7 Å². The lowest BCUT2D eigenvalue weighted by atomic mass is 10.0. The Morgan fingerprint density at radius 2 is 1.93 bits per heavy atom. The predicted octanol–water partition coefficient (Wildman–Crippen LogP) is 3.11. The number of nitrogens with zero attached hydrogens (tertiary/aromatic N) is 1. The van der Waals surface area contributed by atoms with E-state index in [1.54, 1.807) is 26.4 Å². The number of amides is 2. The second-order valence-corrected chi connectivity index (χ2v) is 7.58. The molecular weight excluding hydrogens is 348 g/mol. The third-order valence-electron chi connectivity index (χ3n) is 4.37. The molecule has 0 radical (unpaired) electrons. The smallest absolute Gasteiger partial charge is 0.410 e.